The van der Waals surface area contributed by atoms with Gasteiger partial charge in [-0.15, -0.1) is 0 Å². The van der Waals surface area contributed by atoms with Crippen LogP contribution in [0.1, 0.15) is 45.4 Å². The number of ether oxygens (including phenoxy) is 2. The highest BCUT2D eigenvalue weighted by molar-refractivity contribution is 4.88. The van der Waals surface area contributed by atoms with Crippen LogP contribution in [0.2, 0.25) is 0 Å². The summed E-state index contributed by atoms with van der Waals surface area (Å²) >= 11 is 0. The third-order valence-electron chi connectivity index (χ3n) is 3.60. The number of hydrogen-bond acceptors (Lipinski definition) is 5. The number of aliphatic hydroxyl groups excluding tert-OH is 3. The first-order chi connectivity index (χ1) is 9.61. The summed E-state index contributed by atoms with van der Waals surface area (Å²) in [6.07, 6.45) is 0.170. The zero-order valence-electron chi connectivity index (χ0n) is 12.1. The predicted octanol–water partition coefficient (Wildman–Crippen LogP) is 1.14. The molecule has 0 amide bonds. The molecule has 0 aromatic carbocycles. The number of hydrogen-bond donors (Lipinski definition) is 3. The second-order valence-corrected chi connectivity index (χ2v) is 5.31. The van der Waals surface area contributed by atoms with Gasteiger partial charge in [-0.05, 0) is 6.42 Å². The van der Waals surface area contributed by atoms with Crippen molar-refractivity contribution in [1.29, 1.82) is 0 Å². The van der Waals surface area contributed by atoms with Gasteiger partial charge in [0.15, 0.2) is 6.29 Å². The van der Waals surface area contributed by atoms with Crippen molar-refractivity contribution in [2.45, 2.75) is 76.2 Å². The monoisotopic (exact) mass is 294 g/mol. The van der Waals surface area contributed by atoms with Crippen LogP contribution >= 0.6 is 0 Å². The summed E-state index contributed by atoms with van der Waals surface area (Å²) in [5.74, 6) is 0. The van der Waals surface area contributed by atoms with Crippen LogP contribution < -0.4 is 0 Å². The first-order valence-electron chi connectivity index (χ1n) is 7.49. The first kappa shape index (κ1) is 17.8. The lowest BCUT2D eigenvalue weighted by Gasteiger charge is -2.39. The van der Waals surface area contributed by atoms with Gasteiger partial charge in [0.1, 0.15) is 31.1 Å². The van der Waals surface area contributed by atoms with Crippen molar-refractivity contribution in [3.05, 3.63) is 0 Å². The summed E-state index contributed by atoms with van der Waals surface area (Å²) < 4.78 is 23.1. The standard InChI is InChI=1S/C14H27FO5/c1-2-3-4-5-6-7-8-19-14-13(18)12(17)11(16)10(9-15)20-14/h10-14,16-18H,2-9H2,1H3/t10-,11+,12+,13-,14-/m1/s1. The lowest BCUT2D eigenvalue weighted by molar-refractivity contribution is -0.298. The molecule has 5 nitrogen and oxygen atoms in total. The van der Waals surface area contributed by atoms with Gasteiger partial charge in [0.2, 0.25) is 0 Å². The summed E-state index contributed by atoms with van der Waals surface area (Å²) in [5.41, 5.74) is 0. The Labute approximate surface area is 119 Å². The SMILES string of the molecule is CCCCCCCCO[C@@H]1O[C@H](CF)[C@H](O)[C@H](O)[C@H]1O. The topological polar surface area (TPSA) is 79.2 Å². The van der Waals surface area contributed by atoms with E-state index >= 15 is 0 Å². The fourth-order valence-electron chi connectivity index (χ4n) is 2.26. The van der Waals surface area contributed by atoms with Crippen molar-refractivity contribution >= 4 is 0 Å². The minimum atomic E-state index is -1.45. The predicted molar refractivity (Wildman–Crippen MR) is 72.0 cm³/mol. The summed E-state index contributed by atoms with van der Waals surface area (Å²) in [6, 6.07) is 0. The third-order valence-corrected chi connectivity index (χ3v) is 3.60. The van der Waals surface area contributed by atoms with Crippen LogP contribution in [0.25, 0.3) is 0 Å². The van der Waals surface area contributed by atoms with Gasteiger partial charge in [-0.1, -0.05) is 39.0 Å². The molecule has 5 atom stereocenters. The van der Waals surface area contributed by atoms with Gasteiger partial charge in [0.25, 0.3) is 0 Å². The molecule has 6 heteroatoms. The Hall–Kier alpha value is -0.270. The van der Waals surface area contributed by atoms with Crippen LogP contribution in [-0.2, 0) is 9.47 Å². The quantitative estimate of drug-likeness (QED) is 0.556. The molecule has 0 bridgehead atoms. The van der Waals surface area contributed by atoms with Gasteiger partial charge in [-0.2, -0.15) is 0 Å². The molecule has 0 unspecified atom stereocenters. The fourth-order valence-corrected chi connectivity index (χ4v) is 2.26. The van der Waals surface area contributed by atoms with E-state index in [0.717, 1.165) is 19.3 Å². The van der Waals surface area contributed by atoms with E-state index in [9.17, 15) is 19.7 Å². The summed E-state index contributed by atoms with van der Waals surface area (Å²) in [6.45, 7) is 1.61. The molecule has 1 saturated heterocycles. The van der Waals surface area contributed by atoms with Crippen LogP contribution in [0.5, 0.6) is 0 Å². The van der Waals surface area contributed by atoms with Gasteiger partial charge in [-0.3, -0.25) is 0 Å². The minimum absolute atomic E-state index is 0.385. The average Bonchev–Trinajstić information content (AvgIpc) is 2.46. The molecule has 0 radical (unpaired) electrons. The summed E-state index contributed by atoms with van der Waals surface area (Å²) in [4.78, 5) is 0. The van der Waals surface area contributed by atoms with Crippen LogP contribution in [0.3, 0.4) is 0 Å². The van der Waals surface area contributed by atoms with Crippen LogP contribution in [0.15, 0.2) is 0 Å². The van der Waals surface area contributed by atoms with E-state index in [0.29, 0.717) is 6.61 Å². The van der Waals surface area contributed by atoms with E-state index in [-0.39, 0.29) is 0 Å². The van der Waals surface area contributed by atoms with E-state index in [1.165, 1.54) is 19.3 Å². The molecular weight excluding hydrogens is 267 g/mol. The number of aliphatic hydroxyl groups is 3. The van der Waals surface area contributed by atoms with Crippen LogP contribution in [0.4, 0.5) is 4.39 Å². The highest BCUT2D eigenvalue weighted by atomic mass is 19.1. The van der Waals surface area contributed by atoms with E-state index in [4.69, 9.17) is 9.47 Å². The van der Waals surface area contributed by atoms with Gasteiger partial charge in [0, 0.05) is 6.61 Å². The molecule has 1 aliphatic heterocycles. The molecule has 20 heavy (non-hydrogen) atoms. The molecule has 0 aromatic heterocycles. The molecule has 1 heterocycles. The summed E-state index contributed by atoms with van der Waals surface area (Å²) in [7, 11) is 0. The average molecular weight is 294 g/mol. The third kappa shape index (κ3) is 5.26. The summed E-state index contributed by atoms with van der Waals surface area (Å²) in [5, 5.41) is 28.8. The van der Waals surface area contributed by atoms with Crippen molar-refractivity contribution in [2.24, 2.45) is 0 Å². The Bertz CT molecular complexity index is 252. The molecule has 0 aliphatic carbocycles. The maximum atomic E-state index is 12.6. The van der Waals surface area contributed by atoms with Crippen LogP contribution in [0, 0.1) is 0 Å². The van der Waals surface area contributed by atoms with Crippen molar-refractivity contribution in [1.82, 2.24) is 0 Å². The van der Waals surface area contributed by atoms with E-state index in [1.807, 2.05) is 0 Å². The maximum Gasteiger partial charge on any atom is 0.186 e. The fraction of sp³-hybridized carbons (Fsp3) is 1.00. The molecule has 3 N–H and O–H groups in total. The minimum Gasteiger partial charge on any atom is -0.387 e. The van der Waals surface area contributed by atoms with Crippen molar-refractivity contribution < 1.29 is 29.2 Å². The largest absolute Gasteiger partial charge is 0.387 e. The van der Waals surface area contributed by atoms with Gasteiger partial charge in [0.05, 0.1) is 0 Å². The Morgan fingerprint density at radius 3 is 2.25 bits per heavy atom. The molecular formula is C14H27FO5. The van der Waals surface area contributed by atoms with Crippen LogP contribution in [-0.4, -0.2) is 59.3 Å². The molecule has 120 valence electrons. The van der Waals surface area contributed by atoms with Crippen molar-refractivity contribution in [3.63, 3.8) is 0 Å². The lowest BCUT2D eigenvalue weighted by atomic mass is 10.00. The Balaban J connectivity index is 2.21. The maximum absolute atomic E-state index is 12.6. The first-order valence-corrected chi connectivity index (χ1v) is 7.49. The molecule has 0 aromatic rings. The Kier molecular flexibility index (Phi) is 8.56. The molecule has 1 rings (SSSR count). The molecule has 0 spiro atoms. The zero-order chi connectivity index (χ0) is 15.0. The van der Waals surface area contributed by atoms with E-state index in [2.05, 4.69) is 6.92 Å². The molecule has 1 aliphatic rings. The molecule has 0 saturated carbocycles. The second-order valence-electron chi connectivity index (χ2n) is 5.31. The normalized spacial score (nSPS) is 34.4. The van der Waals surface area contributed by atoms with E-state index in [1.54, 1.807) is 0 Å². The zero-order valence-corrected chi connectivity index (χ0v) is 12.1. The number of rotatable bonds is 9. The van der Waals surface area contributed by atoms with E-state index < -0.39 is 37.4 Å². The Morgan fingerprint density at radius 1 is 0.950 bits per heavy atom. The van der Waals surface area contributed by atoms with Crippen molar-refractivity contribution in [3.8, 4) is 0 Å². The number of alkyl halides is 1. The second kappa shape index (κ2) is 9.63. The molecule has 1 fully saturated rings. The van der Waals surface area contributed by atoms with Crippen molar-refractivity contribution in [2.75, 3.05) is 13.3 Å². The highest BCUT2D eigenvalue weighted by Crippen LogP contribution is 2.22. The number of halogens is 1. The Morgan fingerprint density at radius 2 is 1.60 bits per heavy atom. The van der Waals surface area contributed by atoms with Gasteiger partial charge in [-0.25, -0.2) is 4.39 Å². The number of unbranched alkanes of at least 4 members (excludes halogenated alkanes) is 5. The smallest absolute Gasteiger partial charge is 0.186 e. The van der Waals surface area contributed by atoms with Gasteiger partial charge >= 0.3 is 0 Å². The van der Waals surface area contributed by atoms with Gasteiger partial charge < -0.3 is 24.8 Å². The highest BCUT2D eigenvalue weighted by Gasteiger charge is 2.44. The lowest BCUT2D eigenvalue weighted by Crippen LogP contribution is -2.58.